The zero-order valence-electron chi connectivity index (χ0n) is 7.46. The lowest BCUT2D eigenvalue weighted by molar-refractivity contribution is 0.0999. The van der Waals surface area contributed by atoms with Gasteiger partial charge in [-0.15, -0.1) is 11.3 Å². The third-order valence-corrected chi connectivity index (χ3v) is 2.88. The first-order valence-electron chi connectivity index (χ1n) is 3.68. The molecule has 0 radical (unpaired) electrons. The van der Waals surface area contributed by atoms with Gasteiger partial charge in [-0.3, -0.25) is 9.59 Å². The second-order valence-electron chi connectivity index (χ2n) is 2.53. The van der Waals surface area contributed by atoms with E-state index < -0.39 is 11.8 Å². The fourth-order valence-electron chi connectivity index (χ4n) is 1.05. The van der Waals surface area contributed by atoms with E-state index in [-0.39, 0.29) is 16.1 Å². The summed E-state index contributed by atoms with van der Waals surface area (Å²) < 4.78 is 0. The molecule has 2 amide bonds. The van der Waals surface area contributed by atoms with Crippen LogP contribution >= 0.6 is 11.3 Å². The van der Waals surface area contributed by atoms with E-state index in [9.17, 15) is 9.59 Å². The highest BCUT2D eigenvalue weighted by molar-refractivity contribution is 7.19. The molecule has 0 saturated heterocycles. The molecule has 0 bridgehead atoms. The first-order valence-corrected chi connectivity index (χ1v) is 4.50. The van der Waals surface area contributed by atoms with Gasteiger partial charge in [-0.05, 0) is 0 Å². The maximum Gasteiger partial charge on any atom is 0.260 e. The Balaban J connectivity index is 3.40. The van der Waals surface area contributed by atoms with Crippen LogP contribution in [0.3, 0.4) is 0 Å². The van der Waals surface area contributed by atoms with Gasteiger partial charge in [-0.1, -0.05) is 0 Å². The number of rotatable bonds is 3. The zero-order valence-corrected chi connectivity index (χ0v) is 8.27. The normalized spacial score (nSPS) is 9.79. The number of hydrogen-bond acceptors (Lipinski definition) is 5. The van der Waals surface area contributed by atoms with Crippen LogP contribution in [-0.2, 0) is 0 Å². The minimum atomic E-state index is -0.685. The molecule has 0 saturated carbocycles. The second kappa shape index (κ2) is 3.54. The lowest BCUT2D eigenvalue weighted by atomic mass is 10.2. The Morgan fingerprint density at radius 1 is 1.29 bits per heavy atom. The smallest absolute Gasteiger partial charge is 0.260 e. The molecular formula is C7H10N4O2S. The fourth-order valence-corrected chi connectivity index (χ4v) is 1.98. The molecular weight excluding hydrogens is 204 g/mol. The van der Waals surface area contributed by atoms with Crippen molar-refractivity contribution in [2.45, 2.75) is 0 Å². The Labute approximate surface area is 84.1 Å². The number of carbonyl (C=O) groups excluding carboxylic acids is 2. The van der Waals surface area contributed by atoms with Crippen molar-refractivity contribution in [1.82, 2.24) is 0 Å². The van der Waals surface area contributed by atoms with Crippen molar-refractivity contribution in [3.05, 3.63) is 10.4 Å². The predicted octanol–water partition coefficient (Wildman–Crippen LogP) is -0.430. The lowest BCUT2D eigenvalue weighted by Crippen LogP contribution is -2.16. The van der Waals surface area contributed by atoms with Crippen LogP contribution in [0.2, 0.25) is 0 Å². The zero-order chi connectivity index (χ0) is 10.9. The topological polar surface area (TPSA) is 124 Å². The van der Waals surface area contributed by atoms with Crippen molar-refractivity contribution >= 4 is 33.8 Å². The quantitative estimate of drug-likeness (QED) is 0.544. The summed E-state index contributed by atoms with van der Waals surface area (Å²) in [5, 5.41) is 3.17. The van der Waals surface area contributed by atoms with Crippen LogP contribution < -0.4 is 22.5 Å². The Morgan fingerprint density at radius 3 is 2.14 bits per heavy atom. The number of primary amides is 2. The van der Waals surface area contributed by atoms with Crippen molar-refractivity contribution in [2.24, 2.45) is 11.5 Å². The molecule has 0 fully saturated rings. The Morgan fingerprint density at radius 2 is 1.86 bits per heavy atom. The summed E-state index contributed by atoms with van der Waals surface area (Å²) >= 11 is 1.01. The standard InChI is InChI=1S/C7H10N4O2S/c1-11-7-2(5(9)12)3(8)4(14-7)6(10)13/h11H,8H2,1H3,(H2,9,12)(H2,10,13). The molecule has 14 heavy (non-hydrogen) atoms. The molecule has 6 nitrogen and oxygen atoms in total. The lowest BCUT2D eigenvalue weighted by Gasteiger charge is -1.98. The summed E-state index contributed by atoms with van der Waals surface area (Å²) in [5.74, 6) is -1.35. The average molecular weight is 214 g/mol. The van der Waals surface area contributed by atoms with E-state index in [2.05, 4.69) is 5.32 Å². The summed E-state index contributed by atoms with van der Waals surface area (Å²) in [7, 11) is 1.60. The van der Waals surface area contributed by atoms with Gasteiger partial charge in [0, 0.05) is 7.05 Å². The van der Waals surface area contributed by atoms with Gasteiger partial charge in [0.05, 0.1) is 11.3 Å². The minimum Gasteiger partial charge on any atom is -0.397 e. The maximum absolute atomic E-state index is 11.0. The van der Waals surface area contributed by atoms with Crippen LogP contribution in [-0.4, -0.2) is 18.9 Å². The largest absolute Gasteiger partial charge is 0.397 e. The van der Waals surface area contributed by atoms with Gasteiger partial charge in [0.2, 0.25) is 0 Å². The summed E-state index contributed by atoms with van der Waals surface area (Å²) in [5.41, 5.74) is 15.9. The van der Waals surface area contributed by atoms with Crippen molar-refractivity contribution < 1.29 is 9.59 Å². The van der Waals surface area contributed by atoms with Crippen LogP contribution in [0.25, 0.3) is 0 Å². The number of amides is 2. The van der Waals surface area contributed by atoms with E-state index in [1.165, 1.54) is 0 Å². The molecule has 76 valence electrons. The van der Waals surface area contributed by atoms with Gasteiger partial charge in [0.25, 0.3) is 11.8 Å². The van der Waals surface area contributed by atoms with Crippen LogP contribution in [0.4, 0.5) is 10.7 Å². The van der Waals surface area contributed by atoms with Crippen molar-refractivity contribution in [3.63, 3.8) is 0 Å². The third-order valence-electron chi connectivity index (χ3n) is 1.64. The third kappa shape index (κ3) is 1.49. The maximum atomic E-state index is 11.0. The monoisotopic (exact) mass is 214 g/mol. The summed E-state index contributed by atoms with van der Waals surface area (Å²) in [6, 6.07) is 0. The molecule has 0 aromatic carbocycles. The highest BCUT2D eigenvalue weighted by atomic mass is 32.1. The van der Waals surface area contributed by atoms with Crippen molar-refractivity contribution in [2.75, 3.05) is 18.1 Å². The average Bonchev–Trinajstić information content (AvgIpc) is 2.42. The molecule has 0 aliphatic heterocycles. The van der Waals surface area contributed by atoms with Crippen molar-refractivity contribution in [3.8, 4) is 0 Å². The van der Waals surface area contributed by atoms with E-state index >= 15 is 0 Å². The highest BCUT2D eigenvalue weighted by Crippen LogP contribution is 2.34. The molecule has 0 aliphatic carbocycles. The Kier molecular flexibility index (Phi) is 2.61. The number of hydrogen-bond donors (Lipinski definition) is 4. The van der Waals surface area contributed by atoms with Gasteiger partial charge < -0.3 is 22.5 Å². The van der Waals surface area contributed by atoms with Crippen LogP contribution in [0.15, 0.2) is 0 Å². The predicted molar refractivity (Wildman–Crippen MR) is 55.3 cm³/mol. The second-order valence-corrected chi connectivity index (χ2v) is 3.55. The van der Waals surface area contributed by atoms with Gasteiger partial charge >= 0.3 is 0 Å². The number of anilines is 2. The summed E-state index contributed by atoms with van der Waals surface area (Å²) in [4.78, 5) is 22.0. The van der Waals surface area contributed by atoms with E-state index in [1.807, 2.05) is 0 Å². The molecule has 0 spiro atoms. The SMILES string of the molecule is CNc1sc(C(N)=O)c(N)c1C(N)=O. The molecule has 7 heteroatoms. The van der Waals surface area contributed by atoms with Gasteiger partial charge in [-0.25, -0.2) is 0 Å². The molecule has 7 N–H and O–H groups in total. The number of nitrogen functional groups attached to an aromatic ring is 1. The van der Waals surface area contributed by atoms with Gasteiger partial charge in [-0.2, -0.15) is 0 Å². The minimum absolute atomic E-state index is 0.0411. The first kappa shape index (κ1) is 10.3. The number of nitrogens with one attached hydrogen (secondary N) is 1. The Hall–Kier alpha value is -1.76. The fraction of sp³-hybridized carbons (Fsp3) is 0.143. The van der Waals surface area contributed by atoms with Crippen LogP contribution in [0.5, 0.6) is 0 Å². The summed E-state index contributed by atoms with van der Waals surface area (Å²) in [6.45, 7) is 0. The first-order chi connectivity index (χ1) is 6.49. The van der Waals surface area contributed by atoms with Crippen LogP contribution in [0, 0.1) is 0 Å². The van der Waals surface area contributed by atoms with E-state index in [4.69, 9.17) is 17.2 Å². The molecule has 0 aliphatic rings. The van der Waals surface area contributed by atoms with E-state index in [0.29, 0.717) is 5.00 Å². The Bertz CT molecular complexity index is 399. The van der Waals surface area contributed by atoms with Gasteiger partial charge in [0.15, 0.2) is 0 Å². The van der Waals surface area contributed by atoms with Gasteiger partial charge in [0.1, 0.15) is 9.88 Å². The molecule has 0 unspecified atom stereocenters. The van der Waals surface area contributed by atoms with E-state index in [1.54, 1.807) is 7.05 Å². The molecule has 1 aromatic heterocycles. The van der Waals surface area contributed by atoms with Crippen molar-refractivity contribution in [1.29, 1.82) is 0 Å². The number of thiophene rings is 1. The summed E-state index contributed by atoms with van der Waals surface area (Å²) in [6.07, 6.45) is 0. The number of nitrogens with two attached hydrogens (primary N) is 3. The highest BCUT2D eigenvalue weighted by Gasteiger charge is 2.21. The molecule has 1 rings (SSSR count). The molecule has 0 atom stereocenters. The number of carbonyl (C=O) groups is 2. The van der Waals surface area contributed by atoms with E-state index in [0.717, 1.165) is 11.3 Å². The van der Waals surface area contributed by atoms with Crippen LogP contribution in [0.1, 0.15) is 20.0 Å². The molecule has 1 heterocycles. The molecule has 1 aromatic rings.